The van der Waals surface area contributed by atoms with Gasteiger partial charge >= 0.3 is 0 Å². The molecule has 2 aromatic heterocycles. The summed E-state index contributed by atoms with van der Waals surface area (Å²) in [6, 6.07) is 3.54. The molecule has 0 aliphatic carbocycles. The molecule has 6 nitrogen and oxygen atoms in total. The highest BCUT2D eigenvalue weighted by Crippen LogP contribution is 2.19. The van der Waals surface area contributed by atoms with Crippen molar-refractivity contribution in [3.8, 4) is 5.88 Å². The lowest BCUT2D eigenvalue weighted by atomic mass is 10.2. The Morgan fingerprint density at radius 3 is 3.05 bits per heavy atom. The normalized spacial score (nSPS) is 14.9. The number of aromatic amines is 1. The van der Waals surface area contributed by atoms with Crippen LogP contribution in [0.1, 0.15) is 16.9 Å². The van der Waals surface area contributed by atoms with Crippen LogP contribution in [0.15, 0.2) is 24.3 Å². The number of ether oxygens (including phenoxy) is 1. The smallest absolute Gasteiger partial charge is 0.276 e. The number of rotatable bonds is 2. The van der Waals surface area contributed by atoms with Gasteiger partial charge in [0.15, 0.2) is 5.69 Å². The van der Waals surface area contributed by atoms with Crippen molar-refractivity contribution in [1.82, 2.24) is 20.1 Å². The van der Waals surface area contributed by atoms with Gasteiger partial charge in [-0.2, -0.15) is 5.10 Å². The van der Waals surface area contributed by atoms with Crippen LogP contribution in [0, 0.1) is 0 Å². The topological polar surface area (TPSA) is 71.1 Å². The van der Waals surface area contributed by atoms with E-state index in [1.165, 1.54) is 0 Å². The van der Waals surface area contributed by atoms with Crippen molar-refractivity contribution in [2.75, 3.05) is 20.2 Å². The predicted molar refractivity (Wildman–Crippen MR) is 70.1 cm³/mol. The first kappa shape index (κ1) is 11.7. The second-order valence-electron chi connectivity index (χ2n) is 4.33. The molecular weight excluding hydrogens is 244 g/mol. The lowest BCUT2D eigenvalue weighted by molar-refractivity contribution is 0.0767. The number of fused-ring (bicyclic) bond motifs is 1. The lowest BCUT2D eigenvalue weighted by Crippen LogP contribution is -2.34. The highest BCUT2D eigenvalue weighted by Gasteiger charge is 2.22. The zero-order valence-corrected chi connectivity index (χ0v) is 10.6. The van der Waals surface area contributed by atoms with E-state index in [0.29, 0.717) is 30.2 Å². The number of carbonyl (C=O) groups excluding carboxylic acids is 1. The monoisotopic (exact) mass is 258 g/mol. The molecule has 19 heavy (non-hydrogen) atoms. The summed E-state index contributed by atoms with van der Waals surface area (Å²) in [4.78, 5) is 18.5. The standard InChI is InChI=1S/C13H14N4O2/c1-19-10-6-5-9-11(14-10)12(16-15-9)13(18)17-7-3-2-4-8-17/h2-3,5-6H,4,7-8H2,1H3,(H,15,16). The molecule has 0 fully saturated rings. The maximum atomic E-state index is 12.4. The van der Waals surface area contributed by atoms with Gasteiger partial charge < -0.3 is 9.64 Å². The van der Waals surface area contributed by atoms with Crippen molar-refractivity contribution in [1.29, 1.82) is 0 Å². The van der Waals surface area contributed by atoms with E-state index in [4.69, 9.17) is 4.74 Å². The third-order valence-corrected chi connectivity index (χ3v) is 3.14. The van der Waals surface area contributed by atoms with Crippen LogP contribution in [0.3, 0.4) is 0 Å². The molecule has 0 radical (unpaired) electrons. The van der Waals surface area contributed by atoms with E-state index in [-0.39, 0.29) is 5.91 Å². The summed E-state index contributed by atoms with van der Waals surface area (Å²) in [7, 11) is 1.55. The summed E-state index contributed by atoms with van der Waals surface area (Å²) in [5, 5.41) is 6.91. The largest absolute Gasteiger partial charge is 0.481 e. The predicted octanol–water partition coefficient (Wildman–Crippen LogP) is 1.37. The third-order valence-electron chi connectivity index (χ3n) is 3.14. The van der Waals surface area contributed by atoms with Gasteiger partial charge in [0.05, 0.1) is 12.6 Å². The Hall–Kier alpha value is -2.37. The Kier molecular flexibility index (Phi) is 2.91. The minimum absolute atomic E-state index is 0.101. The van der Waals surface area contributed by atoms with E-state index in [2.05, 4.69) is 21.3 Å². The molecule has 98 valence electrons. The molecule has 1 amide bonds. The number of nitrogens with zero attached hydrogens (tertiary/aromatic N) is 3. The summed E-state index contributed by atoms with van der Waals surface area (Å²) in [5.41, 5.74) is 1.64. The number of methoxy groups -OCH3 is 1. The number of hydrogen-bond acceptors (Lipinski definition) is 4. The van der Waals surface area contributed by atoms with Gasteiger partial charge in [-0.1, -0.05) is 12.2 Å². The zero-order chi connectivity index (χ0) is 13.2. The summed E-state index contributed by atoms with van der Waals surface area (Å²) in [6.45, 7) is 1.34. The lowest BCUT2D eigenvalue weighted by Gasteiger charge is -2.22. The maximum Gasteiger partial charge on any atom is 0.276 e. The average molecular weight is 258 g/mol. The first-order valence-corrected chi connectivity index (χ1v) is 6.13. The van der Waals surface area contributed by atoms with Gasteiger partial charge in [0, 0.05) is 19.2 Å². The highest BCUT2D eigenvalue weighted by atomic mass is 16.5. The van der Waals surface area contributed by atoms with Crippen molar-refractivity contribution in [3.63, 3.8) is 0 Å². The number of pyridine rings is 1. The molecule has 1 aliphatic rings. The Morgan fingerprint density at radius 2 is 2.32 bits per heavy atom. The molecule has 0 bridgehead atoms. The number of H-pyrrole nitrogens is 1. The van der Waals surface area contributed by atoms with Crippen molar-refractivity contribution in [3.05, 3.63) is 30.0 Å². The fourth-order valence-corrected chi connectivity index (χ4v) is 2.12. The number of nitrogens with one attached hydrogen (secondary N) is 1. The van der Waals surface area contributed by atoms with Crippen LogP contribution in [0.5, 0.6) is 5.88 Å². The molecule has 6 heteroatoms. The molecule has 0 saturated carbocycles. The van der Waals surface area contributed by atoms with Gasteiger partial charge in [-0.3, -0.25) is 9.89 Å². The van der Waals surface area contributed by atoms with Crippen LogP contribution in [0.4, 0.5) is 0 Å². The van der Waals surface area contributed by atoms with Gasteiger partial charge in [-0.15, -0.1) is 0 Å². The number of amides is 1. The molecular formula is C13H14N4O2. The molecule has 3 rings (SSSR count). The minimum atomic E-state index is -0.101. The van der Waals surface area contributed by atoms with E-state index in [0.717, 1.165) is 11.9 Å². The fourth-order valence-electron chi connectivity index (χ4n) is 2.12. The Balaban J connectivity index is 1.99. The summed E-state index contributed by atoms with van der Waals surface area (Å²) >= 11 is 0. The number of carbonyl (C=O) groups is 1. The Bertz CT molecular complexity index is 647. The fraction of sp³-hybridized carbons (Fsp3) is 0.308. The second-order valence-corrected chi connectivity index (χ2v) is 4.33. The SMILES string of the molecule is COc1ccc2[nH]nc(C(=O)N3CC=CCC3)c2n1. The summed E-state index contributed by atoms with van der Waals surface area (Å²) < 4.78 is 5.08. The quantitative estimate of drug-likeness (QED) is 0.826. The molecule has 0 spiro atoms. The van der Waals surface area contributed by atoms with Crippen LogP contribution in [-0.2, 0) is 0 Å². The number of hydrogen-bond donors (Lipinski definition) is 1. The van der Waals surface area contributed by atoms with E-state index in [1.807, 2.05) is 6.08 Å². The van der Waals surface area contributed by atoms with E-state index in [9.17, 15) is 4.79 Å². The van der Waals surface area contributed by atoms with Gasteiger partial charge in [0.25, 0.3) is 5.91 Å². The van der Waals surface area contributed by atoms with Crippen LogP contribution >= 0.6 is 0 Å². The van der Waals surface area contributed by atoms with Crippen LogP contribution in [-0.4, -0.2) is 46.2 Å². The van der Waals surface area contributed by atoms with Gasteiger partial charge in [0.2, 0.25) is 5.88 Å². The molecule has 1 aliphatic heterocycles. The van der Waals surface area contributed by atoms with Crippen LogP contribution < -0.4 is 4.74 Å². The second kappa shape index (κ2) is 4.72. The molecule has 1 N–H and O–H groups in total. The van der Waals surface area contributed by atoms with Crippen LogP contribution in [0.25, 0.3) is 11.0 Å². The average Bonchev–Trinajstić information content (AvgIpc) is 2.90. The Labute approximate surface area is 110 Å². The van der Waals surface area contributed by atoms with E-state index < -0.39 is 0 Å². The zero-order valence-electron chi connectivity index (χ0n) is 10.6. The molecule has 0 aromatic carbocycles. The van der Waals surface area contributed by atoms with Gasteiger partial charge in [-0.05, 0) is 12.5 Å². The molecule has 0 atom stereocenters. The maximum absolute atomic E-state index is 12.4. The van der Waals surface area contributed by atoms with E-state index >= 15 is 0 Å². The molecule has 2 aromatic rings. The van der Waals surface area contributed by atoms with Crippen molar-refractivity contribution in [2.24, 2.45) is 0 Å². The number of aromatic nitrogens is 3. The van der Waals surface area contributed by atoms with Gasteiger partial charge in [-0.25, -0.2) is 4.98 Å². The van der Waals surface area contributed by atoms with Crippen LogP contribution in [0.2, 0.25) is 0 Å². The summed E-state index contributed by atoms with van der Waals surface area (Å²) in [5.74, 6) is 0.373. The highest BCUT2D eigenvalue weighted by molar-refractivity contribution is 6.03. The molecule has 3 heterocycles. The molecule has 0 saturated heterocycles. The van der Waals surface area contributed by atoms with Crippen molar-refractivity contribution < 1.29 is 9.53 Å². The van der Waals surface area contributed by atoms with Crippen molar-refractivity contribution >= 4 is 16.9 Å². The van der Waals surface area contributed by atoms with Crippen molar-refractivity contribution in [2.45, 2.75) is 6.42 Å². The van der Waals surface area contributed by atoms with Gasteiger partial charge in [0.1, 0.15) is 5.52 Å². The minimum Gasteiger partial charge on any atom is -0.481 e. The summed E-state index contributed by atoms with van der Waals surface area (Å²) in [6.07, 6.45) is 4.95. The third kappa shape index (κ3) is 2.05. The Morgan fingerprint density at radius 1 is 1.42 bits per heavy atom. The molecule has 0 unspecified atom stereocenters. The van der Waals surface area contributed by atoms with E-state index in [1.54, 1.807) is 24.1 Å². The first-order chi connectivity index (χ1) is 9.29. The first-order valence-electron chi connectivity index (χ1n) is 6.13.